The highest BCUT2D eigenvalue weighted by atomic mass is 32.2. The molecule has 12 nitrogen and oxygen atoms in total. The van der Waals surface area contributed by atoms with Crippen molar-refractivity contribution >= 4 is 64.8 Å². The first-order valence-corrected chi connectivity index (χ1v) is 21.3. The molecule has 2 aromatic heterocycles. The third-order valence-corrected chi connectivity index (χ3v) is 14.8. The average molecular weight is 757 g/mol. The monoisotopic (exact) mass is 756 g/mol. The van der Waals surface area contributed by atoms with E-state index in [2.05, 4.69) is 20.6 Å². The van der Waals surface area contributed by atoms with Crippen LogP contribution in [0.5, 0.6) is 0 Å². The molecule has 2 amide bonds. The Labute approximate surface area is 301 Å². The summed E-state index contributed by atoms with van der Waals surface area (Å²) in [4.78, 5) is 35.1. The van der Waals surface area contributed by atoms with Crippen molar-refractivity contribution in [3.63, 3.8) is 0 Å². The molecule has 2 heterocycles. The number of carbonyl (C=O) groups excluding carboxylic acids is 2. The van der Waals surface area contributed by atoms with Gasteiger partial charge in [0, 0.05) is 48.1 Å². The quantitative estimate of drug-likeness (QED) is 0.172. The van der Waals surface area contributed by atoms with E-state index in [9.17, 15) is 26.4 Å². The molecule has 0 spiro atoms. The van der Waals surface area contributed by atoms with Gasteiger partial charge in [-0.2, -0.15) is 8.61 Å². The van der Waals surface area contributed by atoms with Crippen molar-refractivity contribution in [3.8, 4) is 11.4 Å². The van der Waals surface area contributed by atoms with Gasteiger partial charge in [0.05, 0.1) is 9.79 Å². The summed E-state index contributed by atoms with van der Waals surface area (Å²) in [6.07, 6.45) is 9.75. The first kappa shape index (κ1) is 36.3. The van der Waals surface area contributed by atoms with E-state index in [1.165, 1.54) is 79.8 Å². The number of benzene rings is 2. The zero-order valence-corrected chi connectivity index (χ0v) is 31.1. The highest BCUT2D eigenvalue weighted by Gasteiger charge is 2.30. The fourth-order valence-corrected chi connectivity index (χ4v) is 10.6. The summed E-state index contributed by atoms with van der Waals surface area (Å²) < 4.78 is 55.5. The summed E-state index contributed by atoms with van der Waals surface area (Å²) in [6, 6.07) is 11.8. The summed E-state index contributed by atoms with van der Waals surface area (Å²) in [5.74, 6) is -0.859. The van der Waals surface area contributed by atoms with Crippen LogP contribution in [0.25, 0.3) is 11.4 Å². The molecule has 16 heteroatoms. The standard InChI is InChI=1S/C34H40N6O6S4/c1-39(25-9-5-3-6-10-25)49(43,44)27-17-13-23(14-18-27)31(41)37-33-35-29(21-47-33)30-22-48-34(36-30)38-32(42)24-15-19-28(20-16-24)50(45,46)40(2)26-11-7-4-8-12-26/h13-22,25-26H,3-12H2,1-2H3,(H,35,37,41)(H,36,38,42). The molecule has 0 radical (unpaired) electrons. The maximum atomic E-state index is 13.2. The Kier molecular flexibility index (Phi) is 11.1. The Morgan fingerprint density at radius 1 is 0.600 bits per heavy atom. The number of hydrogen-bond donors (Lipinski definition) is 2. The van der Waals surface area contributed by atoms with E-state index >= 15 is 0 Å². The van der Waals surface area contributed by atoms with E-state index < -0.39 is 31.9 Å². The summed E-state index contributed by atoms with van der Waals surface area (Å²) in [5.41, 5.74) is 1.60. The van der Waals surface area contributed by atoms with Crippen LogP contribution in [0, 0.1) is 0 Å². The molecule has 2 N–H and O–H groups in total. The lowest BCUT2D eigenvalue weighted by atomic mass is 9.96. The molecule has 0 bridgehead atoms. The van der Waals surface area contributed by atoms with Gasteiger partial charge in [-0.05, 0) is 74.2 Å². The predicted octanol–water partition coefficient (Wildman–Crippen LogP) is 6.68. The van der Waals surface area contributed by atoms with Crippen molar-refractivity contribution in [2.45, 2.75) is 86.1 Å². The molecule has 0 aliphatic heterocycles. The van der Waals surface area contributed by atoms with Crippen molar-refractivity contribution in [1.29, 1.82) is 0 Å². The number of nitrogens with zero attached hydrogens (tertiary/aromatic N) is 4. The highest BCUT2D eigenvalue weighted by Crippen LogP contribution is 2.30. The van der Waals surface area contributed by atoms with Gasteiger partial charge in [0.15, 0.2) is 10.3 Å². The number of rotatable bonds is 11. The normalized spacial score (nSPS) is 16.5. The second-order valence-corrected chi connectivity index (χ2v) is 18.4. The molecule has 2 saturated carbocycles. The Morgan fingerprint density at radius 2 is 0.940 bits per heavy atom. The minimum atomic E-state index is -3.67. The SMILES string of the molecule is CN(C1CCCCC1)S(=O)(=O)c1ccc(C(=O)Nc2nc(-c3csc(NC(=O)c4ccc(S(=O)(=O)N(C)C5CCCCC5)cc4)n3)cs2)cc1. The minimum absolute atomic E-state index is 0.00982. The number of carbonyl (C=O) groups is 2. The number of sulfonamides is 2. The molecule has 2 aromatic carbocycles. The van der Waals surface area contributed by atoms with Crippen molar-refractivity contribution in [2.24, 2.45) is 0 Å². The smallest absolute Gasteiger partial charge is 0.257 e. The largest absolute Gasteiger partial charge is 0.298 e. The lowest BCUT2D eigenvalue weighted by Crippen LogP contribution is -2.38. The molecule has 266 valence electrons. The summed E-state index contributed by atoms with van der Waals surface area (Å²) in [5, 5.41) is 9.64. The molecule has 2 aliphatic rings. The molecule has 2 aliphatic carbocycles. The van der Waals surface area contributed by atoms with Gasteiger partial charge in [0.1, 0.15) is 11.4 Å². The molecule has 6 rings (SSSR count). The number of amides is 2. The first-order chi connectivity index (χ1) is 23.9. The van der Waals surface area contributed by atoms with Gasteiger partial charge in [0.25, 0.3) is 11.8 Å². The molecular formula is C34H40N6O6S4. The molecule has 4 aromatic rings. The number of hydrogen-bond acceptors (Lipinski definition) is 10. The summed E-state index contributed by atoms with van der Waals surface area (Å²) in [7, 11) is -4.09. The fourth-order valence-electron chi connectivity index (χ4n) is 6.41. The number of anilines is 2. The van der Waals surface area contributed by atoms with Crippen LogP contribution in [0.3, 0.4) is 0 Å². The van der Waals surface area contributed by atoms with Crippen LogP contribution in [0.1, 0.15) is 84.9 Å². The second-order valence-electron chi connectivity index (χ2n) is 12.7. The fraction of sp³-hybridized carbons (Fsp3) is 0.412. The summed E-state index contributed by atoms with van der Waals surface area (Å²) >= 11 is 2.42. The van der Waals surface area contributed by atoms with Gasteiger partial charge < -0.3 is 0 Å². The maximum absolute atomic E-state index is 13.2. The van der Waals surface area contributed by atoms with E-state index in [1.54, 1.807) is 24.9 Å². The van der Waals surface area contributed by atoms with Gasteiger partial charge in [-0.25, -0.2) is 26.8 Å². The van der Waals surface area contributed by atoms with Crippen molar-refractivity contribution in [2.75, 3.05) is 24.7 Å². The second kappa shape index (κ2) is 15.4. The molecule has 50 heavy (non-hydrogen) atoms. The molecule has 2 fully saturated rings. The Hall–Kier alpha value is -3.54. The molecular weight excluding hydrogens is 717 g/mol. The number of nitrogens with one attached hydrogen (secondary N) is 2. The maximum Gasteiger partial charge on any atom is 0.257 e. The number of aromatic nitrogens is 2. The van der Waals surface area contributed by atoms with Gasteiger partial charge in [0.2, 0.25) is 20.0 Å². The topological polar surface area (TPSA) is 159 Å². The van der Waals surface area contributed by atoms with E-state index in [1.807, 2.05) is 0 Å². The zero-order valence-electron chi connectivity index (χ0n) is 27.9. The van der Waals surface area contributed by atoms with Gasteiger partial charge >= 0.3 is 0 Å². The van der Waals surface area contributed by atoms with Gasteiger partial charge in [-0.3, -0.25) is 20.2 Å². The van der Waals surface area contributed by atoms with Crippen LogP contribution in [0.4, 0.5) is 10.3 Å². The van der Waals surface area contributed by atoms with Crippen molar-refractivity contribution in [3.05, 3.63) is 70.4 Å². The van der Waals surface area contributed by atoms with Crippen LogP contribution in [0.15, 0.2) is 69.1 Å². The lowest BCUT2D eigenvalue weighted by molar-refractivity contribution is 0.101. The first-order valence-electron chi connectivity index (χ1n) is 16.6. The van der Waals surface area contributed by atoms with Crippen LogP contribution in [-0.2, 0) is 20.0 Å². The van der Waals surface area contributed by atoms with Crippen LogP contribution >= 0.6 is 22.7 Å². The van der Waals surface area contributed by atoms with Gasteiger partial charge in [-0.15, -0.1) is 22.7 Å². The third-order valence-electron chi connectivity index (χ3n) is 9.48. The molecule has 0 atom stereocenters. The van der Waals surface area contributed by atoms with E-state index in [0.29, 0.717) is 32.8 Å². The Bertz CT molecular complexity index is 1890. The van der Waals surface area contributed by atoms with Crippen LogP contribution < -0.4 is 10.6 Å². The molecule has 0 unspecified atom stereocenters. The van der Waals surface area contributed by atoms with E-state index in [0.717, 1.165) is 64.2 Å². The highest BCUT2D eigenvalue weighted by molar-refractivity contribution is 7.89. The average Bonchev–Trinajstić information content (AvgIpc) is 3.81. The van der Waals surface area contributed by atoms with E-state index in [4.69, 9.17) is 0 Å². The van der Waals surface area contributed by atoms with Crippen LogP contribution in [-0.4, -0.2) is 73.4 Å². The minimum Gasteiger partial charge on any atom is -0.298 e. The number of thiazole rings is 2. The summed E-state index contributed by atoms with van der Waals surface area (Å²) in [6.45, 7) is 0. The van der Waals surface area contributed by atoms with Crippen molar-refractivity contribution < 1.29 is 26.4 Å². The lowest BCUT2D eigenvalue weighted by Gasteiger charge is -2.30. The Morgan fingerprint density at radius 3 is 1.28 bits per heavy atom. The predicted molar refractivity (Wildman–Crippen MR) is 196 cm³/mol. The Balaban J connectivity index is 1.04. The van der Waals surface area contributed by atoms with Crippen LogP contribution in [0.2, 0.25) is 0 Å². The zero-order chi connectivity index (χ0) is 35.5. The molecule has 0 saturated heterocycles. The third kappa shape index (κ3) is 8.00. The van der Waals surface area contributed by atoms with Gasteiger partial charge in [-0.1, -0.05) is 38.5 Å². The van der Waals surface area contributed by atoms with E-state index in [-0.39, 0.29) is 21.9 Å². The van der Waals surface area contributed by atoms with Crippen molar-refractivity contribution in [1.82, 2.24) is 18.6 Å².